The largest absolute Gasteiger partial charge is 0.497 e. The average Bonchev–Trinajstić information content (AvgIpc) is 2.83. The summed E-state index contributed by atoms with van der Waals surface area (Å²) >= 11 is 0. The Morgan fingerprint density at radius 3 is 2.14 bits per heavy atom. The van der Waals surface area contributed by atoms with E-state index in [1.54, 1.807) is 7.11 Å². The van der Waals surface area contributed by atoms with Crippen molar-refractivity contribution in [3.8, 4) is 11.4 Å². The van der Waals surface area contributed by atoms with Crippen molar-refractivity contribution in [1.29, 1.82) is 0 Å². The van der Waals surface area contributed by atoms with Crippen molar-refractivity contribution >= 4 is 0 Å². The molecule has 0 bridgehead atoms. The van der Waals surface area contributed by atoms with Crippen LogP contribution in [0.15, 0.2) is 30.3 Å². The summed E-state index contributed by atoms with van der Waals surface area (Å²) in [6.07, 6.45) is 0. The normalized spacial score (nSPS) is 12.5. The van der Waals surface area contributed by atoms with E-state index >= 15 is 0 Å². The summed E-state index contributed by atoms with van der Waals surface area (Å²) in [6.45, 7) is 13.2. The molecule has 0 amide bonds. The summed E-state index contributed by atoms with van der Waals surface area (Å²) in [5.41, 5.74) is 3.41. The molecule has 0 saturated heterocycles. The second-order valence-corrected chi connectivity index (χ2v) is 7.53. The number of hydrogen-bond acceptors (Lipinski definition) is 2. The molecule has 3 nitrogen and oxygen atoms in total. The molecule has 1 heterocycles. The molecular weight excluding hydrogens is 260 g/mol. The second kappa shape index (κ2) is 5.21. The zero-order valence-corrected chi connectivity index (χ0v) is 14.2. The number of ether oxygens (including phenoxy) is 1. The van der Waals surface area contributed by atoms with Crippen LogP contribution < -0.4 is 4.74 Å². The van der Waals surface area contributed by atoms with Gasteiger partial charge in [0.1, 0.15) is 5.75 Å². The van der Waals surface area contributed by atoms with Gasteiger partial charge in [0.15, 0.2) is 0 Å². The molecule has 21 heavy (non-hydrogen) atoms. The highest BCUT2D eigenvalue weighted by molar-refractivity contribution is 5.41. The Morgan fingerprint density at radius 2 is 1.62 bits per heavy atom. The fourth-order valence-corrected chi connectivity index (χ4v) is 2.22. The molecule has 0 aliphatic heterocycles. The Labute approximate surface area is 127 Å². The molecule has 2 aromatic rings. The topological polar surface area (TPSA) is 27.1 Å². The third kappa shape index (κ3) is 3.29. The quantitative estimate of drug-likeness (QED) is 0.814. The van der Waals surface area contributed by atoms with Gasteiger partial charge in [0.2, 0.25) is 0 Å². The van der Waals surface area contributed by atoms with E-state index < -0.39 is 0 Å². The summed E-state index contributed by atoms with van der Waals surface area (Å²) in [5, 5.41) is 4.85. The lowest BCUT2D eigenvalue weighted by Gasteiger charge is -2.20. The average molecular weight is 286 g/mol. The molecule has 3 heteroatoms. The number of nitrogens with zero attached hydrogens (tertiary/aromatic N) is 2. The van der Waals surface area contributed by atoms with Gasteiger partial charge in [-0.15, -0.1) is 0 Å². The molecule has 0 radical (unpaired) electrons. The van der Waals surface area contributed by atoms with Crippen LogP contribution in [0.1, 0.15) is 52.9 Å². The molecule has 0 saturated carbocycles. The molecule has 114 valence electrons. The maximum absolute atomic E-state index is 5.33. The Bertz CT molecular complexity index is 627. The molecule has 0 unspecified atom stereocenters. The molecule has 1 aromatic carbocycles. The van der Waals surface area contributed by atoms with Gasteiger partial charge in [0.05, 0.1) is 18.5 Å². The number of hydrogen-bond donors (Lipinski definition) is 0. The van der Waals surface area contributed by atoms with E-state index in [-0.39, 0.29) is 10.8 Å². The standard InChI is InChI=1S/C18H26N2O/c1-17(2,3)15-12-16(18(4,5)6)20(19-15)13-9-8-10-14(11-13)21-7/h8-12H,1-7H3. The van der Waals surface area contributed by atoms with Crippen LogP contribution in [0.5, 0.6) is 5.75 Å². The van der Waals surface area contributed by atoms with Crippen molar-refractivity contribution in [2.45, 2.75) is 52.4 Å². The third-order valence-corrected chi connectivity index (χ3v) is 3.54. The zero-order chi connectivity index (χ0) is 15.8. The van der Waals surface area contributed by atoms with Crippen LogP contribution in [0.2, 0.25) is 0 Å². The fourth-order valence-electron chi connectivity index (χ4n) is 2.22. The van der Waals surface area contributed by atoms with Crippen molar-refractivity contribution < 1.29 is 4.74 Å². The van der Waals surface area contributed by atoms with E-state index in [9.17, 15) is 0 Å². The van der Waals surface area contributed by atoms with Crippen LogP contribution in [0.3, 0.4) is 0 Å². The lowest BCUT2D eigenvalue weighted by molar-refractivity contribution is 0.414. The van der Waals surface area contributed by atoms with E-state index in [4.69, 9.17) is 9.84 Å². The molecule has 0 aliphatic rings. The van der Waals surface area contributed by atoms with E-state index in [1.807, 2.05) is 22.9 Å². The van der Waals surface area contributed by atoms with Crippen LogP contribution in [0, 0.1) is 0 Å². The van der Waals surface area contributed by atoms with Gasteiger partial charge in [-0.2, -0.15) is 5.10 Å². The second-order valence-electron chi connectivity index (χ2n) is 7.53. The Hall–Kier alpha value is -1.77. The first-order valence-corrected chi connectivity index (χ1v) is 7.38. The summed E-state index contributed by atoms with van der Waals surface area (Å²) < 4.78 is 7.38. The Balaban J connectivity index is 2.63. The van der Waals surface area contributed by atoms with Crippen LogP contribution in [0.4, 0.5) is 0 Å². The summed E-state index contributed by atoms with van der Waals surface area (Å²) in [5.74, 6) is 0.847. The molecule has 0 atom stereocenters. The van der Waals surface area contributed by atoms with Gasteiger partial charge in [-0.1, -0.05) is 47.6 Å². The minimum atomic E-state index is 0.0274. The first-order chi connectivity index (χ1) is 9.63. The minimum absolute atomic E-state index is 0.0274. The van der Waals surface area contributed by atoms with E-state index in [1.165, 1.54) is 5.69 Å². The zero-order valence-electron chi connectivity index (χ0n) is 14.2. The van der Waals surface area contributed by atoms with Crippen molar-refractivity contribution in [1.82, 2.24) is 9.78 Å². The Kier molecular flexibility index (Phi) is 3.87. The van der Waals surface area contributed by atoms with Gasteiger partial charge in [-0.25, -0.2) is 4.68 Å². The number of methoxy groups -OCH3 is 1. The first-order valence-electron chi connectivity index (χ1n) is 7.38. The number of aromatic nitrogens is 2. The highest BCUT2D eigenvalue weighted by atomic mass is 16.5. The van der Waals surface area contributed by atoms with E-state index in [0.29, 0.717) is 0 Å². The van der Waals surface area contributed by atoms with Gasteiger partial charge in [-0.3, -0.25) is 0 Å². The molecular formula is C18H26N2O. The summed E-state index contributed by atoms with van der Waals surface area (Å²) in [7, 11) is 1.69. The summed E-state index contributed by atoms with van der Waals surface area (Å²) in [6, 6.07) is 10.3. The Morgan fingerprint density at radius 1 is 0.952 bits per heavy atom. The fraction of sp³-hybridized carbons (Fsp3) is 0.500. The SMILES string of the molecule is COc1cccc(-n2nc(C(C)(C)C)cc2C(C)(C)C)c1. The van der Waals surface area contributed by atoms with Gasteiger partial charge >= 0.3 is 0 Å². The molecule has 1 aromatic heterocycles. The number of rotatable bonds is 2. The van der Waals surface area contributed by atoms with Crippen molar-refractivity contribution in [2.75, 3.05) is 7.11 Å². The van der Waals surface area contributed by atoms with Crippen LogP contribution in [0.25, 0.3) is 5.69 Å². The summed E-state index contributed by atoms with van der Waals surface area (Å²) in [4.78, 5) is 0. The van der Waals surface area contributed by atoms with E-state index in [2.05, 4.69) is 53.7 Å². The van der Waals surface area contributed by atoms with Crippen molar-refractivity contribution in [3.05, 3.63) is 41.7 Å². The minimum Gasteiger partial charge on any atom is -0.497 e. The van der Waals surface area contributed by atoms with Crippen molar-refractivity contribution in [3.63, 3.8) is 0 Å². The maximum atomic E-state index is 5.33. The van der Waals surface area contributed by atoms with E-state index in [0.717, 1.165) is 17.1 Å². The first kappa shape index (κ1) is 15.6. The smallest absolute Gasteiger partial charge is 0.121 e. The molecule has 0 spiro atoms. The molecule has 2 rings (SSSR count). The lowest BCUT2D eigenvalue weighted by Crippen LogP contribution is -2.17. The number of benzene rings is 1. The predicted octanol–water partition coefficient (Wildman–Crippen LogP) is 4.48. The van der Waals surface area contributed by atoms with Gasteiger partial charge in [0.25, 0.3) is 0 Å². The van der Waals surface area contributed by atoms with Crippen LogP contribution in [-0.2, 0) is 10.8 Å². The highest BCUT2D eigenvalue weighted by Gasteiger charge is 2.26. The molecule has 0 N–H and O–H groups in total. The maximum Gasteiger partial charge on any atom is 0.121 e. The van der Waals surface area contributed by atoms with Crippen LogP contribution in [-0.4, -0.2) is 16.9 Å². The monoisotopic (exact) mass is 286 g/mol. The van der Waals surface area contributed by atoms with Crippen LogP contribution >= 0.6 is 0 Å². The lowest BCUT2D eigenvalue weighted by atomic mass is 9.88. The highest BCUT2D eigenvalue weighted by Crippen LogP contribution is 2.31. The van der Waals surface area contributed by atoms with Crippen molar-refractivity contribution in [2.24, 2.45) is 0 Å². The third-order valence-electron chi connectivity index (χ3n) is 3.54. The van der Waals surface area contributed by atoms with Gasteiger partial charge < -0.3 is 4.74 Å². The molecule has 0 aliphatic carbocycles. The molecule has 0 fully saturated rings. The predicted molar refractivity (Wildman–Crippen MR) is 87.5 cm³/mol. The van der Waals surface area contributed by atoms with Gasteiger partial charge in [-0.05, 0) is 18.2 Å². The van der Waals surface area contributed by atoms with Gasteiger partial charge in [0, 0.05) is 22.6 Å².